The fourth-order valence-corrected chi connectivity index (χ4v) is 3.97. The van der Waals surface area contributed by atoms with E-state index in [1.165, 1.54) is 4.90 Å². The molecule has 1 unspecified atom stereocenters. The highest BCUT2D eigenvalue weighted by molar-refractivity contribution is 6.16. The molecule has 1 aliphatic rings. The first-order chi connectivity index (χ1) is 15.4. The van der Waals surface area contributed by atoms with Crippen LogP contribution in [0.25, 0.3) is 11.0 Å². The Morgan fingerprint density at radius 2 is 1.94 bits per heavy atom. The molecular weight excluding hydrogens is 406 g/mol. The third-order valence-corrected chi connectivity index (χ3v) is 5.42. The van der Waals surface area contributed by atoms with Crippen molar-refractivity contribution >= 4 is 22.7 Å². The van der Waals surface area contributed by atoms with E-state index in [0.717, 1.165) is 5.39 Å². The van der Waals surface area contributed by atoms with Gasteiger partial charge in [0.1, 0.15) is 11.3 Å². The van der Waals surface area contributed by atoms with Gasteiger partial charge in [-0.3, -0.25) is 9.59 Å². The second-order valence-corrected chi connectivity index (χ2v) is 8.42. The van der Waals surface area contributed by atoms with E-state index in [1.807, 2.05) is 49.4 Å². The topological polar surface area (TPSA) is 80.0 Å². The van der Waals surface area contributed by atoms with Crippen LogP contribution in [0.5, 0.6) is 5.75 Å². The number of amides is 1. The lowest BCUT2D eigenvalue weighted by Crippen LogP contribution is -2.31. The molecule has 3 aromatic rings. The Morgan fingerprint density at radius 3 is 2.66 bits per heavy atom. The quantitative estimate of drug-likeness (QED) is 0.478. The van der Waals surface area contributed by atoms with Crippen LogP contribution in [0.3, 0.4) is 0 Å². The molecule has 0 aliphatic carbocycles. The summed E-state index contributed by atoms with van der Waals surface area (Å²) in [7, 11) is 0. The van der Waals surface area contributed by atoms with Crippen molar-refractivity contribution in [2.75, 3.05) is 13.2 Å². The molecule has 1 aliphatic heterocycles. The molecule has 1 amide bonds. The van der Waals surface area contributed by atoms with Crippen molar-refractivity contribution in [3.63, 3.8) is 0 Å². The highest BCUT2D eigenvalue weighted by atomic mass is 16.5. The van der Waals surface area contributed by atoms with Crippen LogP contribution in [0, 0.1) is 5.92 Å². The van der Waals surface area contributed by atoms with Gasteiger partial charge in [-0.1, -0.05) is 51.1 Å². The van der Waals surface area contributed by atoms with Crippen LogP contribution in [0.2, 0.25) is 0 Å². The van der Waals surface area contributed by atoms with Crippen molar-refractivity contribution in [1.82, 2.24) is 4.90 Å². The summed E-state index contributed by atoms with van der Waals surface area (Å²) in [6.45, 7) is 7.03. The van der Waals surface area contributed by atoms with Crippen LogP contribution in [-0.2, 0) is 4.79 Å². The molecule has 6 nitrogen and oxygen atoms in total. The number of aliphatic hydroxyl groups is 1. The van der Waals surface area contributed by atoms with Crippen LogP contribution in [0.4, 0.5) is 0 Å². The lowest BCUT2D eigenvalue weighted by atomic mass is 9.94. The zero-order valence-corrected chi connectivity index (χ0v) is 18.5. The Hall–Kier alpha value is -3.54. The normalized spacial score (nSPS) is 16.4. The summed E-state index contributed by atoms with van der Waals surface area (Å²) in [5.41, 5.74) is 1.31. The zero-order valence-electron chi connectivity index (χ0n) is 18.5. The predicted octanol–water partition coefficient (Wildman–Crippen LogP) is 5.46. The maximum Gasteiger partial charge on any atom is 0.290 e. The first kappa shape index (κ1) is 21.7. The summed E-state index contributed by atoms with van der Waals surface area (Å²) in [6.07, 6.45) is 0.686. The number of nitrogens with zero attached hydrogens (tertiary/aromatic N) is 1. The fraction of sp³-hybridized carbons (Fsp3) is 0.308. The number of rotatable bonds is 8. The molecule has 0 bridgehead atoms. The van der Waals surface area contributed by atoms with Gasteiger partial charge in [0.15, 0.2) is 11.5 Å². The van der Waals surface area contributed by atoms with Gasteiger partial charge in [0.2, 0.25) is 5.78 Å². The smallest absolute Gasteiger partial charge is 0.290 e. The highest BCUT2D eigenvalue weighted by Crippen LogP contribution is 2.40. The Bertz CT molecular complexity index is 1160. The monoisotopic (exact) mass is 433 g/mol. The van der Waals surface area contributed by atoms with Crippen molar-refractivity contribution < 1.29 is 23.8 Å². The molecule has 166 valence electrons. The number of aliphatic hydroxyl groups excluding tert-OH is 1. The maximum atomic E-state index is 13.5. The van der Waals surface area contributed by atoms with Crippen molar-refractivity contribution in [2.45, 2.75) is 33.2 Å². The number of ether oxygens (including phenoxy) is 1. The predicted molar refractivity (Wildman–Crippen MR) is 122 cm³/mol. The highest BCUT2D eigenvalue weighted by Gasteiger charge is 2.44. The van der Waals surface area contributed by atoms with Crippen LogP contribution in [0.15, 0.2) is 70.3 Å². The fourth-order valence-electron chi connectivity index (χ4n) is 3.97. The van der Waals surface area contributed by atoms with Crippen molar-refractivity contribution in [1.29, 1.82) is 0 Å². The van der Waals surface area contributed by atoms with Gasteiger partial charge in [-0.05, 0) is 42.2 Å². The maximum absolute atomic E-state index is 13.5. The van der Waals surface area contributed by atoms with E-state index in [9.17, 15) is 14.7 Å². The van der Waals surface area contributed by atoms with E-state index >= 15 is 0 Å². The minimum Gasteiger partial charge on any atom is -0.503 e. The van der Waals surface area contributed by atoms with E-state index in [2.05, 4.69) is 13.8 Å². The molecule has 0 spiro atoms. The summed E-state index contributed by atoms with van der Waals surface area (Å²) in [5.74, 6) is -0.466. The lowest BCUT2D eigenvalue weighted by Gasteiger charge is -2.26. The first-order valence-corrected chi connectivity index (χ1v) is 10.9. The summed E-state index contributed by atoms with van der Waals surface area (Å²) in [5, 5.41) is 11.5. The molecule has 1 N–H and O–H groups in total. The van der Waals surface area contributed by atoms with Crippen molar-refractivity contribution in [2.24, 2.45) is 5.92 Å². The number of Topliss-reactive ketones (excluding diaryl/α,β-unsaturated/α-hetero) is 1. The average Bonchev–Trinajstić information content (AvgIpc) is 3.33. The number of fused-ring (bicyclic) bond motifs is 1. The van der Waals surface area contributed by atoms with Crippen molar-refractivity contribution in [3.05, 3.63) is 77.3 Å². The number of benzene rings is 2. The standard InChI is InChI=1S/C26H27NO5/c1-4-12-27-23(18-9-7-10-19(13-18)31-15-16(2)3)22(25(29)26(27)30)24(28)21-14-17-8-5-6-11-20(17)32-21/h5-11,13-14,16,23,29H,4,12,15H2,1-3H3. The van der Waals surface area contributed by atoms with Gasteiger partial charge in [0, 0.05) is 11.9 Å². The van der Waals surface area contributed by atoms with Crippen LogP contribution in [0.1, 0.15) is 49.4 Å². The molecule has 2 heterocycles. The first-order valence-electron chi connectivity index (χ1n) is 10.9. The minimum absolute atomic E-state index is 0.0310. The lowest BCUT2D eigenvalue weighted by molar-refractivity contribution is -0.129. The zero-order chi connectivity index (χ0) is 22.8. The van der Waals surface area contributed by atoms with Gasteiger partial charge in [0.05, 0.1) is 18.2 Å². The number of para-hydroxylation sites is 1. The second-order valence-electron chi connectivity index (χ2n) is 8.42. The molecule has 2 aromatic carbocycles. The molecule has 6 heteroatoms. The molecule has 0 fully saturated rings. The van der Waals surface area contributed by atoms with Gasteiger partial charge < -0.3 is 19.2 Å². The number of furan rings is 1. The Kier molecular flexibility index (Phi) is 6.04. The molecule has 4 rings (SSSR count). The van der Waals surface area contributed by atoms with E-state index in [-0.39, 0.29) is 11.3 Å². The summed E-state index contributed by atoms with van der Waals surface area (Å²) < 4.78 is 11.6. The third-order valence-electron chi connectivity index (χ3n) is 5.42. The number of hydrogen-bond donors (Lipinski definition) is 1. The molecule has 32 heavy (non-hydrogen) atoms. The SMILES string of the molecule is CCCN1C(=O)C(O)=C(C(=O)c2cc3ccccc3o2)C1c1cccc(OCC(C)C)c1. The van der Waals surface area contributed by atoms with Crippen LogP contribution >= 0.6 is 0 Å². The van der Waals surface area contributed by atoms with E-state index in [4.69, 9.17) is 9.15 Å². The summed E-state index contributed by atoms with van der Waals surface area (Å²) >= 11 is 0. The molecule has 0 saturated heterocycles. The number of carbonyl (C=O) groups is 2. The van der Waals surface area contributed by atoms with Gasteiger partial charge in [0.25, 0.3) is 5.91 Å². The van der Waals surface area contributed by atoms with E-state index < -0.39 is 23.5 Å². The Morgan fingerprint density at radius 1 is 1.16 bits per heavy atom. The van der Waals surface area contributed by atoms with Crippen LogP contribution in [-0.4, -0.2) is 34.8 Å². The Labute approximate surface area is 187 Å². The van der Waals surface area contributed by atoms with E-state index in [0.29, 0.717) is 42.4 Å². The molecular formula is C26H27NO5. The molecule has 1 atom stereocenters. The third kappa shape index (κ3) is 4.00. The minimum atomic E-state index is -0.717. The number of ketones is 1. The molecule has 1 aromatic heterocycles. The second kappa shape index (κ2) is 8.91. The average molecular weight is 434 g/mol. The summed E-state index contributed by atoms with van der Waals surface area (Å²) in [4.78, 5) is 27.9. The van der Waals surface area contributed by atoms with Gasteiger partial charge in [-0.15, -0.1) is 0 Å². The molecule has 0 saturated carbocycles. The van der Waals surface area contributed by atoms with Gasteiger partial charge in [-0.2, -0.15) is 0 Å². The molecule has 0 radical (unpaired) electrons. The number of carbonyl (C=O) groups excluding carboxylic acids is 2. The largest absolute Gasteiger partial charge is 0.503 e. The van der Waals surface area contributed by atoms with Crippen molar-refractivity contribution in [3.8, 4) is 5.75 Å². The summed E-state index contributed by atoms with van der Waals surface area (Å²) in [6, 6.07) is 15.6. The number of hydrogen-bond acceptors (Lipinski definition) is 5. The Balaban J connectivity index is 1.76. The van der Waals surface area contributed by atoms with Crippen LogP contribution < -0.4 is 4.74 Å². The van der Waals surface area contributed by atoms with Gasteiger partial charge in [-0.25, -0.2) is 0 Å². The van der Waals surface area contributed by atoms with Gasteiger partial charge >= 0.3 is 0 Å². The van der Waals surface area contributed by atoms with E-state index in [1.54, 1.807) is 12.1 Å².